The number of hydrogen-bond donors (Lipinski definition) is 1. The molecule has 0 bridgehead atoms. The van der Waals surface area contributed by atoms with Crippen molar-refractivity contribution in [1.82, 2.24) is 9.80 Å². The molecule has 0 radical (unpaired) electrons. The summed E-state index contributed by atoms with van der Waals surface area (Å²) >= 11 is 6.05. The van der Waals surface area contributed by atoms with E-state index in [0.29, 0.717) is 13.1 Å². The van der Waals surface area contributed by atoms with Crippen LogP contribution in [0.3, 0.4) is 0 Å². The molecule has 190 valence electrons. The van der Waals surface area contributed by atoms with Crippen molar-refractivity contribution in [2.75, 3.05) is 32.7 Å². The molecule has 1 N–H and O–H groups in total. The van der Waals surface area contributed by atoms with Gasteiger partial charge in [0.2, 0.25) is 0 Å². The molecule has 1 aliphatic carbocycles. The smallest absolute Gasteiger partial charge is 0.410 e. The molecule has 1 heterocycles. The lowest BCUT2D eigenvalue weighted by atomic mass is 9.72. The predicted octanol–water partition coefficient (Wildman–Crippen LogP) is 6.34. The van der Waals surface area contributed by atoms with Gasteiger partial charge < -0.3 is 14.7 Å². The highest BCUT2D eigenvalue weighted by atomic mass is 35.5. The van der Waals surface area contributed by atoms with Gasteiger partial charge in [0.15, 0.2) is 0 Å². The van der Waals surface area contributed by atoms with E-state index >= 15 is 0 Å². The van der Waals surface area contributed by atoms with Crippen LogP contribution in [0, 0.1) is 0 Å². The van der Waals surface area contributed by atoms with E-state index in [1.807, 2.05) is 45.0 Å². The maximum atomic E-state index is 12.5. The SMILES string of the molecule is CC(C)(C)OC(=O)N1CCN(CC(c2ccc(-c3ccc(Cl)cc3)cc2)C2(O)CCCCC2)CC1. The van der Waals surface area contributed by atoms with E-state index in [1.54, 1.807) is 4.90 Å². The first-order chi connectivity index (χ1) is 16.6. The van der Waals surface area contributed by atoms with Crippen LogP contribution in [-0.2, 0) is 4.74 Å². The van der Waals surface area contributed by atoms with Crippen molar-refractivity contribution in [3.8, 4) is 11.1 Å². The second-order valence-electron chi connectivity index (χ2n) is 11.1. The average molecular weight is 499 g/mol. The van der Waals surface area contributed by atoms with E-state index in [2.05, 4.69) is 29.2 Å². The largest absolute Gasteiger partial charge is 0.444 e. The second kappa shape index (κ2) is 10.9. The monoisotopic (exact) mass is 498 g/mol. The van der Waals surface area contributed by atoms with Gasteiger partial charge in [-0.3, -0.25) is 4.90 Å². The molecule has 2 aliphatic rings. The molecule has 5 nitrogen and oxygen atoms in total. The van der Waals surface area contributed by atoms with E-state index in [-0.39, 0.29) is 12.0 Å². The molecule has 35 heavy (non-hydrogen) atoms. The molecule has 6 heteroatoms. The summed E-state index contributed by atoms with van der Waals surface area (Å²) in [7, 11) is 0. The second-order valence-corrected chi connectivity index (χ2v) is 11.6. The van der Waals surface area contributed by atoms with Gasteiger partial charge in [0.1, 0.15) is 5.60 Å². The van der Waals surface area contributed by atoms with Crippen LogP contribution in [0.1, 0.15) is 64.4 Å². The minimum Gasteiger partial charge on any atom is -0.444 e. The van der Waals surface area contributed by atoms with Crippen LogP contribution in [-0.4, -0.2) is 64.9 Å². The number of amides is 1. The van der Waals surface area contributed by atoms with Crippen molar-refractivity contribution in [3.05, 3.63) is 59.1 Å². The van der Waals surface area contributed by atoms with Gasteiger partial charge in [0.25, 0.3) is 0 Å². The Morgan fingerprint density at radius 1 is 0.943 bits per heavy atom. The fourth-order valence-corrected chi connectivity index (χ4v) is 5.47. The molecule has 1 saturated carbocycles. The van der Waals surface area contributed by atoms with Crippen molar-refractivity contribution in [1.29, 1.82) is 0 Å². The van der Waals surface area contributed by atoms with E-state index in [9.17, 15) is 9.90 Å². The van der Waals surface area contributed by atoms with Gasteiger partial charge in [-0.1, -0.05) is 67.3 Å². The Morgan fingerprint density at radius 2 is 1.49 bits per heavy atom. The number of nitrogens with zero attached hydrogens (tertiary/aromatic N) is 2. The van der Waals surface area contributed by atoms with Crippen LogP contribution in [0.4, 0.5) is 4.79 Å². The molecule has 4 rings (SSSR count). The quantitative estimate of drug-likeness (QED) is 0.522. The minimum atomic E-state index is -0.692. The Hall–Kier alpha value is -2.08. The van der Waals surface area contributed by atoms with Crippen LogP contribution in [0.5, 0.6) is 0 Å². The van der Waals surface area contributed by atoms with Gasteiger partial charge in [-0.15, -0.1) is 0 Å². The molecule has 0 aromatic heterocycles. The Morgan fingerprint density at radius 3 is 2.03 bits per heavy atom. The topological polar surface area (TPSA) is 53.0 Å². The molecule has 1 amide bonds. The van der Waals surface area contributed by atoms with Crippen molar-refractivity contribution in [2.24, 2.45) is 0 Å². The van der Waals surface area contributed by atoms with Crippen molar-refractivity contribution in [2.45, 2.75) is 70.0 Å². The predicted molar refractivity (Wildman–Crippen MR) is 142 cm³/mol. The summed E-state index contributed by atoms with van der Waals surface area (Å²) in [6.45, 7) is 9.35. The van der Waals surface area contributed by atoms with E-state index < -0.39 is 11.2 Å². The summed E-state index contributed by atoms with van der Waals surface area (Å²) in [6, 6.07) is 16.6. The standard InChI is InChI=1S/C29H39ClN2O3/c1-28(2,3)35-27(33)32-19-17-31(18-20-32)21-26(29(34)15-5-4-6-16-29)24-9-7-22(8-10-24)23-11-13-25(30)14-12-23/h7-14,26,34H,4-6,15-21H2,1-3H3. The minimum absolute atomic E-state index is 0.0372. The number of benzene rings is 2. The Labute approximate surface area is 215 Å². The number of halogens is 1. The Bertz CT molecular complexity index is 970. The van der Waals surface area contributed by atoms with Gasteiger partial charge in [-0.2, -0.15) is 0 Å². The molecular weight excluding hydrogens is 460 g/mol. The third-order valence-electron chi connectivity index (χ3n) is 7.32. The molecule has 1 unspecified atom stereocenters. The van der Waals surface area contributed by atoms with Gasteiger partial charge in [-0.25, -0.2) is 4.79 Å². The zero-order valence-electron chi connectivity index (χ0n) is 21.3. The van der Waals surface area contributed by atoms with Gasteiger partial charge in [0, 0.05) is 43.7 Å². The van der Waals surface area contributed by atoms with Gasteiger partial charge >= 0.3 is 6.09 Å². The third-order valence-corrected chi connectivity index (χ3v) is 7.58. The summed E-state index contributed by atoms with van der Waals surface area (Å²) in [5, 5.41) is 12.5. The molecule has 1 atom stereocenters. The number of ether oxygens (including phenoxy) is 1. The number of rotatable bonds is 5. The summed E-state index contributed by atoms with van der Waals surface area (Å²) < 4.78 is 5.55. The average Bonchev–Trinajstić information content (AvgIpc) is 2.83. The van der Waals surface area contributed by atoms with Gasteiger partial charge in [0.05, 0.1) is 5.60 Å². The number of piperazine rings is 1. The van der Waals surface area contributed by atoms with E-state index in [4.69, 9.17) is 16.3 Å². The lowest BCUT2D eigenvalue weighted by molar-refractivity contribution is -0.0356. The zero-order chi connectivity index (χ0) is 25.1. The molecule has 2 aromatic rings. The van der Waals surface area contributed by atoms with Crippen LogP contribution < -0.4 is 0 Å². The zero-order valence-corrected chi connectivity index (χ0v) is 22.1. The first-order valence-corrected chi connectivity index (χ1v) is 13.3. The van der Waals surface area contributed by atoms with E-state index in [1.165, 1.54) is 12.0 Å². The lowest BCUT2D eigenvalue weighted by Crippen LogP contribution is -2.52. The third kappa shape index (κ3) is 6.78. The maximum absolute atomic E-state index is 12.5. The normalized spacial score (nSPS) is 19.9. The molecule has 1 saturated heterocycles. The number of hydrogen-bond acceptors (Lipinski definition) is 4. The fraction of sp³-hybridized carbons (Fsp3) is 0.552. The van der Waals surface area contributed by atoms with E-state index in [0.717, 1.165) is 61.5 Å². The highest BCUT2D eigenvalue weighted by molar-refractivity contribution is 6.30. The Balaban J connectivity index is 1.47. The molecular formula is C29H39ClN2O3. The van der Waals surface area contributed by atoms with Crippen LogP contribution >= 0.6 is 11.6 Å². The number of aliphatic hydroxyl groups is 1. The van der Waals surface area contributed by atoms with Gasteiger partial charge in [-0.05, 0) is 62.4 Å². The first kappa shape index (κ1) is 26.0. The first-order valence-electron chi connectivity index (χ1n) is 12.9. The van der Waals surface area contributed by atoms with Crippen molar-refractivity contribution >= 4 is 17.7 Å². The summed E-state index contributed by atoms with van der Waals surface area (Å²) in [6.07, 6.45) is 4.78. The Kier molecular flexibility index (Phi) is 8.09. The van der Waals surface area contributed by atoms with Crippen molar-refractivity contribution < 1.29 is 14.6 Å². The molecule has 2 fully saturated rings. The number of carbonyl (C=O) groups excluding carboxylic acids is 1. The molecule has 1 aliphatic heterocycles. The molecule has 0 spiro atoms. The highest BCUT2D eigenvalue weighted by Crippen LogP contribution is 2.41. The lowest BCUT2D eigenvalue weighted by Gasteiger charge is -2.43. The fourth-order valence-electron chi connectivity index (χ4n) is 5.35. The van der Waals surface area contributed by atoms with Crippen molar-refractivity contribution in [3.63, 3.8) is 0 Å². The maximum Gasteiger partial charge on any atom is 0.410 e. The summed E-state index contributed by atoms with van der Waals surface area (Å²) in [5.41, 5.74) is 2.28. The number of carbonyl (C=O) groups is 1. The summed E-state index contributed by atoms with van der Waals surface area (Å²) in [4.78, 5) is 16.7. The summed E-state index contributed by atoms with van der Waals surface area (Å²) in [5.74, 6) is 0.0372. The molecule has 2 aromatic carbocycles. The van der Waals surface area contributed by atoms with Crippen LogP contribution in [0.25, 0.3) is 11.1 Å². The van der Waals surface area contributed by atoms with Crippen LogP contribution in [0.15, 0.2) is 48.5 Å². The highest BCUT2D eigenvalue weighted by Gasteiger charge is 2.40. The van der Waals surface area contributed by atoms with Crippen LogP contribution in [0.2, 0.25) is 5.02 Å².